The highest BCUT2D eigenvalue weighted by Gasteiger charge is 2.51. The predicted octanol–water partition coefficient (Wildman–Crippen LogP) is 2.54. The third-order valence-electron chi connectivity index (χ3n) is 2.55. The maximum atomic E-state index is 13.5. The minimum Gasteiger partial charge on any atom is -0.396 e. The summed E-state index contributed by atoms with van der Waals surface area (Å²) in [5, 5.41) is 8.56. The van der Waals surface area contributed by atoms with Gasteiger partial charge in [0.15, 0.2) is 23.3 Å². The lowest BCUT2D eigenvalue weighted by atomic mass is 10.0. The number of hydrogen-bond donors (Lipinski definition) is 1. The number of halogens is 6. The molecule has 94 valence electrons. The maximum absolute atomic E-state index is 13.5. The zero-order valence-corrected chi connectivity index (χ0v) is 8.29. The minimum atomic E-state index is -4.26. The summed E-state index contributed by atoms with van der Waals surface area (Å²) < 4.78 is 79.4. The monoisotopic (exact) mass is 264 g/mol. The molecule has 1 aliphatic carbocycles. The van der Waals surface area contributed by atoms with E-state index in [0.29, 0.717) is 0 Å². The molecule has 0 bridgehead atoms. The lowest BCUT2D eigenvalue weighted by Crippen LogP contribution is -2.22. The Hall–Kier alpha value is -2.17. The van der Waals surface area contributed by atoms with E-state index < -0.39 is 51.6 Å². The molecule has 0 unspecified atom stereocenters. The number of rotatable bonds is 0. The van der Waals surface area contributed by atoms with Gasteiger partial charge in [-0.05, 0) is 0 Å². The van der Waals surface area contributed by atoms with Crippen LogP contribution in [0.1, 0.15) is 11.1 Å². The van der Waals surface area contributed by atoms with Gasteiger partial charge in [-0.1, -0.05) is 0 Å². The second-order valence-corrected chi connectivity index (χ2v) is 3.48. The lowest BCUT2D eigenvalue weighted by molar-refractivity contribution is 0.0354. The van der Waals surface area contributed by atoms with Crippen molar-refractivity contribution in [3.63, 3.8) is 0 Å². The zero-order valence-electron chi connectivity index (χ0n) is 8.29. The van der Waals surface area contributed by atoms with Gasteiger partial charge in [-0.25, -0.2) is 17.6 Å². The summed E-state index contributed by atoms with van der Waals surface area (Å²) >= 11 is 0. The summed E-state index contributed by atoms with van der Waals surface area (Å²) in [5.41, 5.74) is -0.757. The van der Waals surface area contributed by atoms with Gasteiger partial charge >= 0.3 is 5.92 Å². The summed E-state index contributed by atoms with van der Waals surface area (Å²) in [6.45, 7) is 0. The molecule has 2 N–H and O–H groups in total. The first-order chi connectivity index (χ1) is 8.25. The molecule has 0 spiro atoms. The van der Waals surface area contributed by atoms with E-state index in [4.69, 9.17) is 11.0 Å². The van der Waals surface area contributed by atoms with E-state index in [1.165, 1.54) is 0 Å². The Morgan fingerprint density at radius 1 is 0.944 bits per heavy atom. The van der Waals surface area contributed by atoms with Crippen molar-refractivity contribution in [2.75, 3.05) is 0 Å². The summed E-state index contributed by atoms with van der Waals surface area (Å²) in [6, 6.07) is 1.12. The Balaban J connectivity index is 3.01. The topological polar surface area (TPSA) is 49.8 Å². The zero-order chi connectivity index (χ0) is 13.8. The molecule has 0 saturated heterocycles. The quantitative estimate of drug-likeness (QED) is 0.444. The molecule has 0 amide bonds. The molecule has 18 heavy (non-hydrogen) atoms. The van der Waals surface area contributed by atoms with Crippen molar-refractivity contribution in [3.8, 4) is 6.07 Å². The molecule has 1 aliphatic rings. The van der Waals surface area contributed by atoms with E-state index in [-0.39, 0.29) is 0 Å². The van der Waals surface area contributed by atoms with Crippen LogP contribution in [0.2, 0.25) is 0 Å². The average Bonchev–Trinajstić information content (AvgIpc) is 2.52. The fourth-order valence-electron chi connectivity index (χ4n) is 1.70. The van der Waals surface area contributed by atoms with Crippen molar-refractivity contribution in [2.24, 2.45) is 5.73 Å². The van der Waals surface area contributed by atoms with Crippen molar-refractivity contribution in [1.29, 1.82) is 5.26 Å². The van der Waals surface area contributed by atoms with Crippen molar-refractivity contribution < 1.29 is 26.3 Å². The van der Waals surface area contributed by atoms with E-state index >= 15 is 0 Å². The van der Waals surface area contributed by atoms with E-state index in [1.807, 2.05) is 0 Å². The fourth-order valence-corrected chi connectivity index (χ4v) is 1.70. The normalized spacial score (nSPS) is 16.7. The molecule has 0 aliphatic heterocycles. The molecule has 0 fully saturated rings. The van der Waals surface area contributed by atoms with Gasteiger partial charge in [-0.15, -0.1) is 0 Å². The SMILES string of the molecule is N#CC1=C(N)C(F)(F)c2c(F)c(F)c(F)c(F)c21. The van der Waals surface area contributed by atoms with Crippen LogP contribution >= 0.6 is 0 Å². The number of hydrogen-bond acceptors (Lipinski definition) is 2. The van der Waals surface area contributed by atoms with E-state index in [9.17, 15) is 26.3 Å². The van der Waals surface area contributed by atoms with E-state index in [2.05, 4.69) is 0 Å². The summed E-state index contributed by atoms with van der Waals surface area (Å²) in [4.78, 5) is 0. The lowest BCUT2D eigenvalue weighted by Gasteiger charge is -2.13. The van der Waals surface area contributed by atoms with E-state index in [0.717, 1.165) is 6.07 Å². The Morgan fingerprint density at radius 2 is 1.44 bits per heavy atom. The van der Waals surface area contributed by atoms with Gasteiger partial charge in [0, 0.05) is 5.56 Å². The van der Waals surface area contributed by atoms with Crippen LogP contribution in [-0.4, -0.2) is 0 Å². The van der Waals surface area contributed by atoms with Crippen molar-refractivity contribution in [2.45, 2.75) is 5.92 Å². The van der Waals surface area contributed by atoms with Crippen LogP contribution in [0.15, 0.2) is 5.70 Å². The van der Waals surface area contributed by atoms with Crippen LogP contribution < -0.4 is 5.73 Å². The molecule has 1 aromatic rings. The first-order valence-electron chi connectivity index (χ1n) is 4.40. The largest absolute Gasteiger partial charge is 0.396 e. The second kappa shape index (κ2) is 3.41. The summed E-state index contributed by atoms with van der Waals surface area (Å²) in [7, 11) is 0. The maximum Gasteiger partial charge on any atom is 0.317 e. The molecular formula is C10H2F6N2. The van der Waals surface area contributed by atoms with Gasteiger partial charge in [-0.3, -0.25) is 0 Å². The molecule has 0 radical (unpaired) electrons. The van der Waals surface area contributed by atoms with Gasteiger partial charge in [-0.2, -0.15) is 14.0 Å². The number of alkyl halides is 2. The van der Waals surface area contributed by atoms with Crippen LogP contribution in [0.25, 0.3) is 5.57 Å². The number of fused-ring (bicyclic) bond motifs is 1. The highest BCUT2D eigenvalue weighted by molar-refractivity contribution is 5.87. The third-order valence-corrected chi connectivity index (χ3v) is 2.55. The summed E-state index contributed by atoms with van der Waals surface area (Å²) in [5.74, 6) is -13.2. The van der Waals surface area contributed by atoms with Crippen molar-refractivity contribution in [3.05, 3.63) is 40.1 Å². The van der Waals surface area contributed by atoms with Crippen LogP contribution in [-0.2, 0) is 5.92 Å². The third kappa shape index (κ3) is 1.19. The number of nitrogens with two attached hydrogens (primary N) is 1. The van der Waals surface area contributed by atoms with Crippen molar-refractivity contribution >= 4 is 5.57 Å². The molecular weight excluding hydrogens is 262 g/mol. The number of benzene rings is 1. The Bertz CT molecular complexity index is 641. The number of nitriles is 1. The van der Waals surface area contributed by atoms with E-state index in [1.54, 1.807) is 0 Å². The Morgan fingerprint density at radius 3 is 1.94 bits per heavy atom. The predicted molar refractivity (Wildman–Crippen MR) is 46.9 cm³/mol. The number of nitrogens with zero attached hydrogens (tertiary/aromatic N) is 1. The molecule has 1 aromatic carbocycles. The first kappa shape index (κ1) is 12.3. The first-order valence-corrected chi connectivity index (χ1v) is 4.40. The summed E-state index contributed by atoms with van der Waals surface area (Å²) in [6.07, 6.45) is 0. The highest BCUT2D eigenvalue weighted by Crippen LogP contribution is 2.49. The second-order valence-electron chi connectivity index (χ2n) is 3.48. The smallest absolute Gasteiger partial charge is 0.317 e. The van der Waals surface area contributed by atoms with Crippen molar-refractivity contribution in [1.82, 2.24) is 0 Å². The molecule has 8 heteroatoms. The molecule has 2 nitrogen and oxygen atoms in total. The minimum absolute atomic E-state index is 1.11. The fraction of sp³-hybridized carbons (Fsp3) is 0.100. The van der Waals surface area contributed by atoms with Crippen LogP contribution in [0.5, 0.6) is 0 Å². The molecule has 0 heterocycles. The number of allylic oxidation sites excluding steroid dienone is 2. The Labute approximate surface area is 95.9 Å². The molecule has 2 rings (SSSR count). The van der Waals surface area contributed by atoms with Crippen LogP contribution in [0.4, 0.5) is 26.3 Å². The van der Waals surface area contributed by atoms with Gasteiger partial charge in [0.05, 0.1) is 11.1 Å². The molecule has 0 atom stereocenters. The Kier molecular flexibility index (Phi) is 2.33. The molecule has 0 aromatic heterocycles. The average molecular weight is 264 g/mol. The van der Waals surface area contributed by atoms with Gasteiger partial charge < -0.3 is 5.73 Å². The van der Waals surface area contributed by atoms with Crippen LogP contribution in [0, 0.1) is 34.6 Å². The standard InChI is InChI=1S/C10H2F6N2/c11-5-3-2(1-17)9(18)10(15,16)4(3)6(12)8(14)7(5)13/h18H2. The van der Waals surface area contributed by atoms with Gasteiger partial charge in [0.2, 0.25) is 0 Å². The highest BCUT2D eigenvalue weighted by atomic mass is 19.3. The molecule has 0 saturated carbocycles. The van der Waals surface area contributed by atoms with Gasteiger partial charge in [0.1, 0.15) is 11.8 Å². The van der Waals surface area contributed by atoms with Crippen LogP contribution in [0.3, 0.4) is 0 Å². The van der Waals surface area contributed by atoms with Gasteiger partial charge in [0.25, 0.3) is 0 Å².